The maximum absolute atomic E-state index is 13.1. The van der Waals surface area contributed by atoms with E-state index < -0.39 is 30.1 Å². The SMILES string of the molecule is Cc1ccn(CCCNC(=O)c2cc3nc(C(F)F)cc(C(F)F)n3n2)n1. The van der Waals surface area contributed by atoms with E-state index in [1.165, 1.54) is 0 Å². The van der Waals surface area contributed by atoms with Crippen LogP contribution in [-0.2, 0) is 6.54 Å². The van der Waals surface area contributed by atoms with Crippen molar-refractivity contribution in [3.63, 3.8) is 0 Å². The Balaban J connectivity index is 1.70. The highest BCUT2D eigenvalue weighted by atomic mass is 19.3. The summed E-state index contributed by atoms with van der Waals surface area (Å²) in [4.78, 5) is 15.7. The van der Waals surface area contributed by atoms with Gasteiger partial charge in [-0.2, -0.15) is 10.2 Å². The predicted octanol–water partition coefficient (Wildman–Crippen LogP) is 2.93. The fourth-order valence-electron chi connectivity index (χ4n) is 2.52. The quantitative estimate of drug-likeness (QED) is 0.502. The van der Waals surface area contributed by atoms with Crippen molar-refractivity contribution in [3.05, 3.63) is 47.2 Å². The second kappa shape index (κ2) is 7.72. The molecule has 0 atom stereocenters. The van der Waals surface area contributed by atoms with Crippen molar-refractivity contribution in [2.45, 2.75) is 32.7 Å². The maximum Gasteiger partial charge on any atom is 0.280 e. The number of rotatable bonds is 7. The lowest BCUT2D eigenvalue weighted by atomic mass is 10.3. The summed E-state index contributed by atoms with van der Waals surface area (Å²) in [5, 5.41) is 10.6. The number of carbonyl (C=O) groups excluding carboxylic acids is 1. The average Bonchev–Trinajstić information content (AvgIpc) is 3.23. The second-order valence-electron chi connectivity index (χ2n) is 5.84. The van der Waals surface area contributed by atoms with Crippen LogP contribution >= 0.6 is 0 Å². The zero-order chi connectivity index (χ0) is 19.6. The Morgan fingerprint density at radius 2 is 1.96 bits per heavy atom. The summed E-state index contributed by atoms with van der Waals surface area (Å²) < 4.78 is 54.3. The maximum atomic E-state index is 13.1. The molecule has 0 bridgehead atoms. The first-order chi connectivity index (χ1) is 12.8. The van der Waals surface area contributed by atoms with Gasteiger partial charge in [-0.3, -0.25) is 9.48 Å². The number of fused-ring (bicyclic) bond motifs is 1. The van der Waals surface area contributed by atoms with Crippen LogP contribution in [0.5, 0.6) is 0 Å². The van der Waals surface area contributed by atoms with Gasteiger partial charge in [-0.05, 0) is 25.5 Å². The first-order valence-corrected chi connectivity index (χ1v) is 8.10. The van der Waals surface area contributed by atoms with Crippen LogP contribution in [0.4, 0.5) is 17.6 Å². The van der Waals surface area contributed by atoms with E-state index in [0.29, 0.717) is 30.1 Å². The van der Waals surface area contributed by atoms with E-state index in [9.17, 15) is 22.4 Å². The molecule has 0 aliphatic rings. The molecule has 0 saturated heterocycles. The van der Waals surface area contributed by atoms with Crippen molar-refractivity contribution in [1.82, 2.24) is 29.7 Å². The van der Waals surface area contributed by atoms with Gasteiger partial charge in [0.15, 0.2) is 11.3 Å². The van der Waals surface area contributed by atoms with Crippen molar-refractivity contribution in [2.24, 2.45) is 0 Å². The van der Waals surface area contributed by atoms with Gasteiger partial charge in [-0.15, -0.1) is 0 Å². The third-order valence-electron chi connectivity index (χ3n) is 3.78. The van der Waals surface area contributed by atoms with Crippen LogP contribution in [0.25, 0.3) is 5.65 Å². The first-order valence-electron chi connectivity index (χ1n) is 8.10. The van der Waals surface area contributed by atoms with Gasteiger partial charge in [0.1, 0.15) is 11.4 Å². The lowest BCUT2D eigenvalue weighted by Gasteiger charge is -2.06. The molecule has 7 nitrogen and oxygen atoms in total. The number of amides is 1. The highest BCUT2D eigenvalue weighted by Crippen LogP contribution is 2.25. The first kappa shape index (κ1) is 18.8. The van der Waals surface area contributed by atoms with Gasteiger partial charge in [0.05, 0.1) is 5.69 Å². The molecule has 0 spiro atoms. The van der Waals surface area contributed by atoms with Crippen molar-refractivity contribution in [3.8, 4) is 0 Å². The van der Waals surface area contributed by atoms with E-state index in [-0.39, 0.29) is 11.3 Å². The van der Waals surface area contributed by atoms with Crippen LogP contribution in [0.1, 0.15) is 46.8 Å². The number of hydrogen-bond acceptors (Lipinski definition) is 4. The van der Waals surface area contributed by atoms with Crippen LogP contribution < -0.4 is 5.32 Å². The van der Waals surface area contributed by atoms with Crippen molar-refractivity contribution >= 4 is 11.6 Å². The number of nitrogens with one attached hydrogen (secondary N) is 1. The molecule has 11 heteroatoms. The van der Waals surface area contributed by atoms with Crippen LogP contribution in [0.3, 0.4) is 0 Å². The summed E-state index contributed by atoms with van der Waals surface area (Å²) in [5.74, 6) is -0.601. The summed E-state index contributed by atoms with van der Waals surface area (Å²) in [6.07, 6.45) is -3.64. The van der Waals surface area contributed by atoms with Crippen LogP contribution in [0, 0.1) is 6.92 Å². The molecule has 3 aromatic heterocycles. The molecule has 0 aliphatic carbocycles. The molecule has 0 fully saturated rings. The zero-order valence-corrected chi connectivity index (χ0v) is 14.2. The minimum Gasteiger partial charge on any atom is -0.351 e. The van der Waals surface area contributed by atoms with E-state index in [2.05, 4.69) is 20.5 Å². The van der Waals surface area contributed by atoms with E-state index in [1.54, 1.807) is 4.68 Å². The van der Waals surface area contributed by atoms with Crippen molar-refractivity contribution in [1.29, 1.82) is 0 Å². The minimum atomic E-state index is -3.04. The van der Waals surface area contributed by atoms with Gasteiger partial charge >= 0.3 is 0 Å². The van der Waals surface area contributed by atoms with E-state index in [1.807, 2.05) is 19.2 Å². The molecular formula is C16H16F4N6O. The summed E-state index contributed by atoms with van der Waals surface area (Å²) >= 11 is 0. The Hall–Kier alpha value is -2.98. The summed E-state index contributed by atoms with van der Waals surface area (Å²) in [5.41, 5.74) is -1.07. The molecule has 1 N–H and O–H groups in total. The Kier molecular flexibility index (Phi) is 5.38. The third-order valence-corrected chi connectivity index (χ3v) is 3.78. The van der Waals surface area contributed by atoms with Gasteiger partial charge in [0.2, 0.25) is 0 Å². The van der Waals surface area contributed by atoms with Gasteiger partial charge in [0.25, 0.3) is 18.8 Å². The monoisotopic (exact) mass is 384 g/mol. The van der Waals surface area contributed by atoms with Gasteiger partial charge in [-0.1, -0.05) is 0 Å². The van der Waals surface area contributed by atoms with Crippen LogP contribution in [0.2, 0.25) is 0 Å². The summed E-state index contributed by atoms with van der Waals surface area (Å²) in [6, 6.07) is 3.55. The van der Waals surface area contributed by atoms with Crippen LogP contribution in [-0.4, -0.2) is 36.8 Å². The number of alkyl halides is 4. The van der Waals surface area contributed by atoms with Crippen molar-refractivity contribution in [2.75, 3.05) is 6.54 Å². The molecule has 3 aromatic rings. The molecule has 0 aliphatic heterocycles. The smallest absolute Gasteiger partial charge is 0.280 e. The molecule has 0 radical (unpaired) electrons. The van der Waals surface area contributed by atoms with Crippen molar-refractivity contribution < 1.29 is 22.4 Å². The average molecular weight is 384 g/mol. The summed E-state index contributed by atoms with van der Waals surface area (Å²) in [7, 11) is 0. The molecule has 3 rings (SSSR count). The molecule has 0 saturated carbocycles. The van der Waals surface area contributed by atoms with Gasteiger partial charge in [-0.25, -0.2) is 27.1 Å². The van der Waals surface area contributed by atoms with E-state index in [4.69, 9.17) is 0 Å². The molecule has 1 amide bonds. The summed E-state index contributed by atoms with van der Waals surface area (Å²) in [6.45, 7) is 2.76. The van der Waals surface area contributed by atoms with Gasteiger partial charge < -0.3 is 5.32 Å². The number of aromatic nitrogens is 5. The number of aryl methyl sites for hydroxylation is 2. The Labute approximate surface area is 151 Å². The molecule has 0 unspecified atom stereocenters. The topological polar surface area (TPSA) is 77.1 Å². The molecule has 144 valence electrons. The Bertz CT molecular complexity index is 952. The second-order valence-corrected chi connectivity index (χ2v) is 5.84. The molecular weight excluding hydrogens is 368 g/mol. The third kappa shape index (κ3) is 4.23. The normalized spacial score (nSPS) is 11.7. The van der Waals surface area contributed by atoms with E-state index in [0.717, 1.165) is 11.8 Å². The number of hydrogen-bond donors (Lipinski definition) is 1. The standard InChI is InChI=1S/C16H16F4N6O/c1-9-3-6-25(23-9)5-2-4-21-16(27)11-8-13-22-10(14(17)18)7-12(15(19)20)26(13)24-11/h3,6-8,14-15H,2,4-5H2,1H3,(H,21,27). The lowest BCUT2D eigenvalue weighted by Crippen LogP contribution is -2.25. The number of carbonyl (C=O) groups is 1. The molecule has 27 heavy (non-hydrogen) atoms. The molecule has 0 aromatic carbocycles. The Morgan fingerprint density at radius 3 is 2.59 bits per heavy atom. The number of nitrogens with zero attached hydrogens (tertiary/aromatic N) is 5. The van der Waals surface area contributed by atoms with Gasteiger partial charge in [0, 0.05) is 25.4 Å². The Morgan fingerprint density at radius 1 is 1.19 bits per heavy atom. The molecule has 3 heterocycles. The predicted molar refractivity (Wildman–Crippen MR) is 86.8 cm³/mol. The number of halogens is 4. The fourth-order valence-corrected chi connectivity index (χ4v) is 2.52. The fraction of sp³-hybridized carbons (Fsp3) is 0.375. The lowest BCUT2D eigenvalue weighted by molar-refractivity contribution is 0.0946. The highest BCUT2D eigenvalue weighted by molar-refractivity contribution is 5.93. The highest BCUT2D eigenvalue weighted by Gasteiger charge is 2.21. The largest absolute Gasteiger partial charge is 0.351 e. The van der Waals surface area contributed by atoms with Crippen LogP contribution in [0.15, 0.2) is 24.4 Å². The zero-order valence-electron chi connectivity index (χ0n) is 14.2. The van der Waals surface area contributed by atoms with E-state index >= 15 is 0 Å². The minimum absolute atomic E-state index is 0.175.